The Morgan fingerprint density at radius 3 is 2.50 bits per heavy atom. The van der Waals surface area contributed by atoms with Crippen molar-refractivity contribution in [2.24, 2.45) is 0 Å². The maximum Gasteiger partial charge on any atom is 0.325 e. The van der Waals surface area contributed by atoms with Crippen LogP contribution in [0.5, 0.6) is 0 Å². The first kappa shape index (κ1) is 17.8. The van der Waals surface area contributed by atoms with Gasteiger partial charge in [-0.25, -0.2) is 4.79 Å². The predicted molar refractivity (Wildman–Crippen MR) is 91.1 cm³/mol. The topological polar surface area (TPSA) is 122 Å². The molecule has 3 rings (SSSR count). The Balaban J connectivity index is 1.72. The van der Waals surface area contributed by atoms with Crippen LogP contribution in [-0.4, -0.2) is 40.3 Å². The average Bonchev–Trinajstić information content (AvgIpc) is 3.18. The Labute approximate surface area is 149 Å². The zero-order valence-electron chi connectivity index (χ0n) is 14.4. The van der Waals surface area contributed by atoms with Crippen molar-refractivity contribution in [3.63, 3.8) is 0 Å². The van der Waals surface area contributed by atoms with Gasteiger partial charge in [0.25, 0.3) is 11.6 Å². The number of nitrogens with zero attached hydrogens (tertiary/aromatic N) is 2. The molecule has 2 aliphatic rings. The summed E-state index contributed by atoms with van der Waals surface area (Å²) in [4.78, 5) is 48.2. The number of imide groups is 1. The van der Waals surface area contributed by atoms with Crippen LogP contribution in [0.25, 0.3) is 0 Å². The van der Waals surface area contributed by atoms with Gasteiger partial charge in [-0.2, -0.15) is 0 Å². The maximum absolute atomic E-state index is 12.8. The summed E-state index contributed by atoms with van der Waals surface area (Å²) in [5.74, 6) is -0.925. The molecule has 26 heavy (non-hydrogen) atoms. The molecule has 1 atom stereocenters. The summed E-state index contributed by atoms with van der Waals surface area (Å²) >= 11 is 0. The highest BCUT2D eigenvalue weighted by atomic mass is 16.6. The van der Waals surface area contributed by atoms with Gasteiger partial charge >= 0.3 is 6.03 Å². The molecule has 0 aromatic heterocycles. The molecule has 9 heteroatoms. The van der Waals surface area contributed by atoms with Crippen LogP contribution in [0, 0.1) is 10.1 Å². The van der Waals surface area contributed by atoms with E-state index in [2.05, 4.69) is 10.6 Å². The van der Waals surface area contributed by atoms with Crippen molar-refractivity contribution >= 4 is 23.5 Å². The molecular weight excluding hydrogens is 340 g/mol. The lowest BCUT2D eigenvalue weighted by molar-refractivity contribution is -0.384. The van der Waals surface area contributed by atoms with Crippen LogP contribution in [0.2, 0.25) is 0 Å². The lowest BCUT2D eigenvalue weighted by Crippen LogP contribution is -2.45. The second-order valence-electron chi connectivity index (χ2n) is 6.80. The van der Waals surface area contributed by atoms with E-state index in [1.54, 1.807) is 0 Å². The standard InChI is InChI=1S/C17H20N4O5/c1-17(11-6-8-13(9-7-11)21(25)26)15(23)20(16(24)19-17)10-14(22)18-12-4-2-3-5-12/h6-9,12H,2-5,10H2,1H3,(H,18,22)(H,19,24). The molecule has 9 nitrogen and oxygen atoms in total. The molecule has 0 bridgehead atoms. The number of nitrogens with one attached hydrogen (secondary N) is 2. The summed E-state index contributed by atoms with van der Waals surface area (Å²) in [5, 5.41) is 16.2. The van der Waals surface area contributed by atoms with Crippen molar-refractivity contribution in [2.45, 2.75) is 44.2 Å². The van der Waals surface area contributed by atoms with Crippen molar-refractivity contribution in [1.29, 1.82) is 0 Å². The maximum atomic E-state index is 12.8. The minimum atomic E-state index is -1.36. The number of benzene rings is 1. The second kappa shape index (κ2) is 6.74. The second-order valence-corrected chi connectivity index (χ2v) is 6.80. The molecule has 0 spiro atoms. The normalized spacial score (nSPS) is 23.2. The largest absolute Gasteiger partial charge is 0.352 e. The van der Waals surface area contributed by atoms with Crippen molar-refractivity contribution in [3.8, 4) is 0 Å². The van der Waals surface area contributed by atoms with Gasteiger partial charge in [-0.3, -0.25) is 24.6 Å². The van der Waals surface area contributed by atoms with Gasteiger partial charge in [0.15, 0.2) is 0 Å². The smallest absolute Gasteiger partial charge is 0.325 e. The van der Waals surface area contributed by atoms with E-state index in [1.165, 1.54) is 31.2 Å². The van der Waals surface area contributed by atoms with Gasteiger partial charge in [-0.05, 0) is 37.5 Å². The third kappa shape index (κ3) is 3.24. The SMILES string of the molecule is CC1(c2ccc([N+](=O)[O-])cc2)NC(=O)N(CC(=O)NC2CCCC2)C1=O. The Morgan fingerprint density at radius 2 is 1.92 bits per heavy atom. The minimum Gasteiger partial charge on any atom is -0.352 e. The number of carbonyl (C=O) groups is 3. The predicted octanol–water partition coefficient (Wildman–Crippen LogP) is 1.42. The van der Waals surface area contributed by atoms with Crippen LogP contribution >= 0.6 is 0 Å². The number of nitro groups is 1. The number of hydrogen-bond donors (Lipinski definition) is 2. The van der Waals surface area contributed by atoms with E-state index in [0.717, 1.165) is 30.6 Å². The van der Waals surface area contributed by atoms with E-state index in [-0.39, 0.29) is 24.2 Å². The number of hydrogen-bond acceptors (Lipinski definition) is 5. The summed E-state index contributed by atoms with van der Waals surface area (Å²) in [5.41, 5.74) is -1.05. The fourth-order valence-corrected chi connectivity index (χ4v) is 3.44. The molecule has 2 N–H and O–H groups in total. The zero-order valence-corrected chi connectivity index (χ0v) is 14.4. The summed E-state index contributed by atoms with van der Waals surface area (Å²) in [7, 11) is 0. The van der Waals surface area contributed by atoms with Crippen LogP contribution in [-0.2, 0) is 15.1 Å². The monoisotopic (exact) mass is 360 g/mol. The molecular formula is C17H20N4O5. The van der Waals surface area contributed by atoms with E-state index >= 15 is 0 Å². The number of rotatable bonds is 5. The first-order valence-corrected chi connectivity index (χ1v) is 8.49. The molecule has 1 saturated heterocycles. The molecule has 1 aromatic rings. The Hall–Kier alpha value is -2.97. The molecule has 1 aliphatic heterocycles. The van der Waals surface area contributed by atoms with E-state index in [9.17, 15) is 24.5 Å². The third-order valence-electron chi connectivity index (χ3n) is 4.95. The lowest BCUT2D eigenvalue weighted by Gasteiger charge is -2.22. The number of carbonyl (C=O) groups excluding carboxylic acids is 3. The summed E-state index contributed by atoms with van der Waals surface area (Å²) in [6, 6.07) is 4.85. The average molecular weight is 360 g/mol. The number of urea groups is 1. The molecule has 138 valence electrons. The Kier molecular flexibility index (Phi) is 4.62. The fourth-order valence-electron chi connectivity index (χ4n) is 3.44. The van der Waals surface area contributed by atoms with Crippen LogP contribution < -0.4 is 10.6 Å². The first-order chi connectivity index (χ1) is 12.3. The summed E-state index contributed by atoms with van der Waals surface area (Å²) in [6.07, 6.45) is 3.94. The van der Waals surface area contributed by atoms with Gasteiger partial charge < -0.3 is 10.6 Å². The van der Waals surface area contributed by atoms with E-state index in [0.29, 0.717) is 5.56 Å². The lowest BCUT2D eigenvalue weighted by atomic mass is 9.92. The fraction of sp³-hybridized carbons (Fsp3) is 0.471. The van der Waals surface area contributed by atoms with Gasteiger partial charge in [0.05, 0.1) is 4.92 Å². The Bertz CT molecular complexity index is 757. The first-order valence-electron chi connectivity index (χ1n) is 8.49. The van der Waals surface area contributed by atoms with Crippen LogP contribution in [0.4, 0.5) is 10.5 Å². The molecule has 1 heterocycles. The van der Waals surface area contributed by atoms with Crippen molar-refractivity contribution < 1.29 is 19.3 Å². The Morgan fingerprint density at radius 1 is 1.31 bits per heavy atom. The molecule has 1 aliphatic carbocycles. The number of amides is 4. The molecule has 1 unspecified atom stereocenters. The van der Waals surface area contributed by atoms with Gasteiger partial charge in [0.1, 0.15) is 12.1 Å². The van der Waals surface area contributed by atoms with Crippen LogP contribution in [0.15, 0.2) is 24.3 Å². The molecule has 2 fully saturated rings. The number of nitro benzene ring substituents is 1. The van der Waals surface area contributed by atoms with Crippen molar-refractivity contribution in [3.05, 3.63) is 39.9 Å². The van der Waals surface area contributed by atoms with Crippen LogP contribution in [0.1, 0.15) is 38.2 Å². The molecule has 0 radical (unpaired) electrons. The van der Waals surface area contributed by atoms with E-state index in [4.69, 9.17) is 0 Å². The zero-order chi connectivity index (χ0) is 18.9. The highest BCUT2D eigenvalue weighted by Gasteiger charge is 2.49. The number of non-ortho nitro benzene ring substituents is 1. The van der Waals surface area contributed by atoms with E-state index < -0.39 is 22.4 Å². The van der Waals surface area contributed by atoms with Crippen molar-refractivity contribution in [2.75, 3.05) is 6.54 Å². The summed E-state index contributed by atoms with van der Waals surface area (Å²) in [6.45, 7) is 1.17. The van der Waals surface area contributed by atoms with Gasteiger partial charge in [0.2, 0.25) is 5.91 Å². The van der Waals surface area contributed by atoms with Crippen molar-refractivity contribution in [1.82, 2.24) is 15.5 Å². The highest BCUT2D eigenvalue weighted by molar-refractivity contribution is 6.09. The quantitative estimate of drug-likeness (QED) is 0.467. The molecule has 1 saturated carbocycles. The highest BCUT2D eigenvalue weighted by Crippen LogP contribution is 2.30. The molecule has 1 aromatic carbocycles. The van der Waals surface area contributed by atoms with Gasteiger partial charge in [-0.15, -0.1) is 0 Å². The van der Waals surface area contributed by atoms with Gasteiger partial charge in [-0.1, -0.05) is 12.8 Å². The van der Waals surface area contributed by atoms with Gasteiger partial charge in [0, 0.05) is 18.2 Å². The van der Waals surface area contributed by atoms with Crippen LogP contribution in [0.3, 0.4) is 0 Å². The summed E-state index contributed by atoms with van der Waals surface area (Å²) < 4.78 is 0. The minimum absolute atomic E-state index is 0.101. The molecule has 4 amide bonds. The third-order valence-corrected chi connectivity index (χ3v) is 4.95. The van der Waals surface area contributed by atoms with E-state index in [1.807, 2.05) is 0 Å².